The molecule has 0 bridgehead atoms. The lowest BCUT2D eigenvalue weighted by atomic mass is 10.0. The summed E-state index contributed by atoms with van der Waals surface area (Å²) < 4.78 is 24.2. The van der Waals surface area contributed by atoms with Gasteiger partial charge >= 0.3 is 17.7 Å². The van der Waals surface area contributed by atoms with Crippen molar-refractivity contribution in [2.75, 3.05) is 24.8 Å². The highest BCUT2D eigenvalue weighted by Crippen LogP contribution is 2.41. The van der Waals surface area contributed by atoms with E-state index < -0.39 is 52.8 Å². The number of carbonyl (C=O) groups excluding carboxylic acids is 5. The van der Waals surface area contributed by atoms with Crippen molar-refractivity contribution >= 4 is 75.1 Å². The van der Waals surface area contributed by atoms with Gasteiger partial charge in [0.15, 0.2) is 11.8 Å². The molecule has 0 saturated carbocycles. The lowest BCUT2D eigenvalue weighted by Gasteiger charge is -2.49. The number of pyridine rings is 1. The number of nitrogens with one attached hydrogen (secondary N) is 2. The predicted octanol–water partition coefficient (Wildman–Crippen LogP) is -1.42. The Balaban J connectivity index is 0.00000683. The third-order valence-corrected chi connectivity index (χ3v) is 10.8. The van der Waals surface area contributed by atoms with Crippen molar-refractivity contribution in [2.45, 2.75) is 76.9 Å². The Bertz CT molecular complexity index is 2310. The zero-order valence-electron chi connectivity index (χ0n) is 33.2. The van der Waals surface area contributed by atoms with E-state index in [-0.39, 0.29) is 71.3 Å². The van der Waals surface area contributed by atoms with Crippen LogP contribution in [0.4, 0.5) is 9.93 Å². The van der Waals surface area contributed by atoms with E-state index in [1.54, 1.807) is 77.7 Å². The van der Waals surface area contributed by atoms with Crippen LogP contribution in [0.15, 0.2) is 65.3 Å². The van der Waals surface area contributed by atoms with Gasteiger partial charge in [0.1, 0.15) is 47.9 Å². The molecule has 1 fully saturated rings. The molecule has 6 rings (SSSR count). The van der Waals surface area contributed by atoms with Gasteiger partial charge in [-0.05, 0) is 57.5 Å². The summed E-state index contributed by atoms with van der Waals surface area (Å²) in [5.74, 6) is -1.97. The van der Waals surface area contributed by atoms with Gasteiger partial charge in [-0.25, -0.2) is 14.2 Å². The molecule has 1 saturated heterocycles. The van der Waals surface area contributed by atoms with Crippen molar-refractivity contribution in [1.29, 1.82) is 0 Å². The SMILES string of the molecule is CCO/N=C(\C(=O)NC1C(=O)N2C(C(=O)OCc3ccc(OC)cc3)=C(C[n+]3cn(CC[C@H](N)C(N)=O)c4cccnc43)CSC12)c1nsc(NC(=O)OC(C)(C)C)n1.[Br-]. The fourth-order valence-electron chi connectivity index (χ4n) is 6.06. The summed E-state index contributed by atoms with van der Waals surface area (Å²) in [7, 11) is 1.55. The minimum atomic E-state index is -1.08. The highest BCUT2D eigenvalue weighted by atomic mass is 79.9. The minimum Gasteiger partial charge on any atom is -1.00 e. The van der Waals surface area contributed by atoms with Gasteiger partial charge in [0.2, 0.25) is 22.6 Å². The maximum Gasteiger partial charge on any atom is 0.414 e. The third kappa shape index (κ3) is 10.6. The van der Waals surface area contributed by atoms with Gasteiger partial charge in [-0.15, -0.1) is 16.7 Å². The van der Waals surface area contributed by atoms with Gasteiger partial charge in [0.05, 0.1) is 26.2 Å². The van der Waals surface area contributed by atoms with Crippen molar-refractivity contribution in [3.05, 3.63) is 71.6 Å². The summed E-state index contributed by atoms with van der Waals surface area (Å²) >= 11 is 2.14. The zero-order valence-corrected chi connectivity index (χ0v) is 36.5. The number of thioether (sulfide) groups is 1. The summed E-state index contributed by atoms with van der Waals surface area (Å²) in [5.41, 5.74) is 12.9. The number of halogens is 1. The van der Waals surface area contributed by atoms with E-state index in [1.165, 1.54) is 16.7 Å². The molecule has 2 aliphatic rings. The molecule has 320 valence electrons. The quantitative estimate of drug-likeness (QED) is 0.0331. The number of methoxy groups -OCH3 is 1. The van der Waals surface area contributed by atoms with Gasteiger partial charge in [-0.3, -0.25) is 29.2 Å². The number of rotatable bonds is 16. The zero-order chi connectivity index (χ0) is 42.4. The second-order valence-corrected chi connectivity index (χ2v) is 16.1. The normalized spacial score (nSPS) is 16.9. The lowest BCUT2D eigenvalue weighted by Crippen LogP contribution is -3.00. The van der Waals surface area contributed by atoms with Crippen LogP contribution < -0.4 is 48.4 Å². The monoisotopic (exact) mass is 929 g/mol. The first-order valence-corrected chi connectivity index (χ1v) is 20.2. The Kier molecular flexibility index (Phi) is 14.8. The molecule has 4 amide bonds. The molecule has 1 aromatic carbocycles. The number of anilines is 1. The smallest absolute Gasteiger partial charge is 0.414 e. The van der Waals surface area contributed by atoms with Crippen LogP contribution in [0.5, 0.6) is 5.75 Å². The van der Waals surface area contributed by atoms with Crippen LogP contribution in [0.25, 0.3) is 11.2 Å². The van der Waals surface area contributed by atoms with Gasteiger partial charge < -0.3 is 52.8 Å². The molecule has 20 nitrogen and oxygen atoms in total. The minimum absolute atomic E-state index is 0. The van der Waals surface area contributed by atoms with E-state index in [9.17, 15) is 24.0 Å². The molecular formula is C37H44BrN11O9S2. The number of hydrogen-bond acceptors (Lipinski definition) is 16. The number of amides is 4. The second-order valence-electron chi connectivity index (χ2n) is 14.2. The fourth-order valence-corrected chi connectivity index (χ4v) is 7.95. The number of aryl methyl sites for hydroxylation is 1. The van der Waals surface area contributed by atoms with Gasteiger partial charge in [-0.1, -0.05) is 17.3 Å². The van der Waals surface area contributed by atoms with Gasteiger partial charge in [-0.2, -0.15) is 9.36 Å². The van der Waals surface area contributed by atoms with Crippen molar-refractivity contribution in [1.82, 2.24) is 29.1 Å². The molecule has 4 aromatic rings. The fraction of sp³-hybridized carbons (Fsp3) is 0.405. The van der Waals surface area contributed by atoms with Crippen molar-refractivity contribution in [3.63, 3.8) is 0 Å². The number of benzene rings is 1. The highest BCUT2D eigenvalue weighted by molar-refractivity contribution is 8.00. The molecule has 0 spiro atoms. The number of nitrogens with two attached hydrogens (primary N) is 2. The second kappa shape index (κ2) is 19.6. The van der Waals surface area contributed by atoms with Gasteiger partial charge in [0.25, 0.3) is 11.8 Å². The number of oxime groups is 1. The van der Waals surface area contributed by atoms with E-state index in [2.05, 4.69) is 30.1 Å². The molecule has 2 unspecified atom stereocenters. The molecule has 23 heteroatoms. The summed E-state index contributed by atoms with van der Waals surface area (Å²) in [4.78, 5) is 81.0. The third-order valence-electron chi connectivity index (χ3n) is 8.84. The molecule has 6 N–H and O–H groups in total. The van der Waals surface area contributed by atoms with Gasteiger partial charge in [0, 0.05) is 29.3 Å². The average Bonchev–Trinajstić information content (AvgIpc) is 3.81. The Morgan fingerprint density at radius 1 is 1.15 bits per heavy atom. The Morgan fingerprint density at radius 3 is 2.58 bits per heavy atom. The molecule has 3 atom stereocenters. The number of hydrogen-bond donors (Lipinski definition) is 4. The number of nitrogens with zero attached hydrogens (tertiary/aromatic N) is 7. The highest BCUT2D eigenvalue weighted by Gasteiger charge is 2.55. The number of imidazole rings is 1. The van der Waals surface area contributed by atoms with E-state index in [0.29, 0.717) is 29.1 Å². The van der Waals surface area contributed by atoms with Crippen LogP contribution in [-0.2, 0) is 53.2 Å². The van der Waals surface area contributed by atoms with Crippen LogP contribution in [0, 0.1) is 0 Å². The molecule has 3 aromatic heterocycles. The maximum atomic E-state index is 14.1. The topological polar surface area (TPSA) is 261 Å². The number of fused-ring (bicyclic) bond motifs is 2. The Labute approximate surface area is 362 Å². The number of carbonyl (C=O) groups is 5. The number of esters is 1. The molecule has 5 heterocycles. The summed E-state index contributed by atoms with van der Waals surface area (Å²) in [6.07, 6.45) is 2.96. The molecular weight excluding hydrogens is 887 g/mol. The molecule has 2 aliphatic heterocycles. The number of β-lactam (4-membered cyclic amide) rings is 1. The van der Waals surface area contributed by atoms with E-state index in [0.717, 1.165) is 17.0 Å². The largest absolute Gasteiger partial charge is 1.00 e. The van der Waals surface area contributed by atoms with Crippen LogP contribution in [0.3, 0.4) is 0 Å². The Hall–Kier alpha value is -5.65. The number of aromatic nitrogens is 5. The summed E-state index contributed by atoms with van der Waals surface area (Å²) in [6.45, 7) is 7.33. The van der Waals surface area contributed by atoms with Crippen LogP contribution in [0.1, 0.15) is 45.5 Å². The first kappa shape index (κ1) is 45.4. The number of primary amides is 1. The van der Waals surface area contributed by atoms with Crippen molar-refractivity contribution < 1.29 is 64.6 Å². The van der Waals surface area contributed by atoms with E-state index in [1.807, 2.05) is 15.2 Å². The lowest BCUT2D eigenvalue weighted by molar-refractivity contribution is -0.665. The molecule has 0 aliphatic carbocycles. The van der Waals surface area contributed by atoms with Crippen molar-refractivity contribution in [2.24, 2.45) is 16.6 Å². The van der Waals surface area contributed by atoms with Crippen LogP contribution in [-0.4, -0.2) is 102 Å². The summed E-state index contributed by atoms with van der Waals surface area (Å²) in [6, 6.07) is 8.73. The maximum absolute atomic E-state index is 14.1. The standard InChI is InChI=1S/C37H43N11O9S2.BrH/c1-6-56-44-25(29-42-35(59-45-29)43-36(53)57-37(2,3)4)31(50)41-26-32(51)48-27(34(52)55-17-20-9-11-22(54-5)12-10-20)21(18-58-33(26)48)16-47-19-46(15-13-23(38)28(39)49)24-8-7-14-40-30(24)47;/h7-12,14,19,23,26,33H,6,13,15-18,38H2,1-5H3,(H3-,39,41,42,43,45,49,50,53);1H/b44-25-;/t23-,26?,33?;/m0./s1. The molecule has 60 heavy (non-hydrogen) atoms. The summed E-state index contributed by atoms with van der Waals surface area (Å²) in [5, 5.41) is 8.44. The van der Waals surface area contributed by atoms with Crippen molar-refractivity contribution in [3.8, 4) is 5.75 Å². The average molecular weight is 931 g/mol. The molecule has 0 radical (unpaired) electrons. The first-order chi connectivity index (χ1) is 28.2. The number of ether oxygens (including phenoxy) is 3. The van der Waals surface area contributed by atoms with E-state index >= 15 is 0 Å². The van der Waals surface area contributed by atoms with Crippen LogP contribution in [0.2, 0.25) is 0 Å². The Morgan fingerprint density at radius 2 is 1.90 bits per heavy atom. The van der Waals surface area contributed by atoms with Crippen LogP contribution >= 0.6 is 23.3 Å². The predicted molar refractivity (Wildman–Crippen MR) is 214 cm³/mol. The first-order valence-electron chi connectivity index (χ1n) is 18.4. The van der Waals surface area contributed by atoms with E-state index in [4.69, 9.17) is 30.5 Å².